The van der Waals surface area contributed by atoms with Crippen LogP contribution < -0.4 is 0 Å². The van der Waals surface area contributed by atoms with Gasteiger partial charge in [-0.05, 0) is 37.8 Å². The summed E-state index contributed by atoms with van der Waals surface area (Å²) in [5.74, 6) is 1.85. The molecule has 0 N–H and O–H groups in total. The van der Waals surface area contributed by atoms with Crippen molar-refractivity contribution < 1.29 is 9.59 Å². The standard InChI is InChI=1S/C23H31N5O2/c1-16(2)22-25-21(18-6-3-11-24-23(18)26-22)17-9-14-28(15-10-17)20(30)8-5-13-27-12-4-7-19(27)29/h3,6,11,16-17H,4-5,7-10,12-15H2,1-2H3. The van der Waals surface area contributed by atoms with Crippen LogP contribution in [0.25, 0.3) is 11.0 Å². The highest BCUT2D eigenvalue weighted by molar-refractivity contribution is 5.79. The molecule has 0 unspecified atom stereocenters. The van der Waals surface area contributed by atoms with Crippen molar-refractivity contribution in [3.63, 3.8) is 0 Å². The number of hydrogen-bond acceptors (Lipinski definition) is 5. The van der Waals surface area contributed by atoms with Crippen molar-refractivity contribution in [3.8, 4) is 0 Å². The Hall–Kier alpha value is -2.57. The lowest BCUT2D eigenvalue weighted by Crippen LogP contribution is -2.38. The Kier molecular flexibility index (Phi) is 6.25. The zero-order chi connectivity index (χ0) is 21.1. The third kappa shape index (κ3) is 4.45. The monoisotopic (exact) mass is 409 g/mol. The lowest BCUT2D eigenvalue weighted by molar-refractivity contribution is -0.133. The van der Waals surface area contributed by atoms with Crippen LogP contribution in [0.1, 0.15) is 75.7 Å². The number of carbonyl (C=O) groups is 2. The predicted octanol–water partition coefficient (Wildman–Crippen LogP) is 3.26. The lowest BCUT2D eigenvalue weighted by Gasteiger charge is -2.32. The Morgan fingerprint density at radius 1 is 1.20 bits per heavy atom. The highest BCUT2D eigenvalue weighted by Gasteiger charge is 2.27. The minimum atomic E-state index is 0.206. The van der Waals surface area contributed by atoms with Gasteiger partial charge in [-0.25, -0.2) is 15.0 Å². The summed E-state index contributed by atoms with van der Waals surface area (Å²) in [6, 6.07) is 3.99. The second-order valence-electron chi connectivity index (χ2n) is 8.74. The molecule has 0 atom stereocenters. The molecule has 4 rings (SSSR count). The van der Waals surface area contributed by atoms with E-state index in [4.69, 9.17) is 4.98 Å². The van der Waals surface area contributed by atoms with Crippen LogP contribution in [0.3, 0.4) is 0 Å². The maximum atomic E-state index is 12.6. The molecule has 7 heteroatoms. The highest BCUT2D eigenvalue weighted by atomic mass is 16.2. The molecule has 2 aromatic rings. The van der Waals surface area contributed by atoms with Gasteiger partial charge in [0, 0.05) is 62.4 Å². The van der Waals surface area contributed by atoms with Crippen molar-refractivity contribution in [2.24, 2.45) is 0 Å². The number of likely N-dealkylation sites (tertiary alicyclic amines) is 2. The SMILES string of the molecule is CC(C)c1nc(C2CCN(C(=O)CCCN3CCCC3=O)CC2)c2cccnc2n1. The molecule has 2 aliphatic heterocycles. The number of hydrogen-bond donors (Lipinski definition) is 0. The van der Waals surface area contributed by atoms with Gasteiger partial charge in [0.05, 0.1) is 5.69 Å². The van der Waals surface area contributed by atoms with Crippen LogP contribution in [0, 0.1) is 0 Å². The van der Waals surface area contributed by atoms with E-state index >= 15 is 0 Å². The Balaban J connectivity index is 1.36. The first-order valence-corrected chi connectivity index (χ1v) is 11.2. The van der Waals surface area contributed by atoms with E-state index in [-0.39, 0.29) is 17.7 Å². The number of aromatic nitrogens is 3. The van der Waals surface area contributed by atoms with Gasteiger partial charge in [0.1, 0.15) is 5.82 Å². The lowest BCUT2D eigenvalue weighted by atomic mass is 9.91. The van der Waals surface area contributed by atoms with Crippen molar-refractivity contribution >= 4 is 22.8 Å². The molecule has 2 amide bonds. The van der Waals surface area contributed by atoms with E-state index < -0.39 is 0 Å². The minimum absolute atomic E-state index is 0.206. The third-order valence-corrected chi connectivity index (χ3v) is 6.26. The first kappa shape index (κ1) is 20.7. The van der Waals surface area contributed by atoms with Crippen molar-refractivity contribution in [1.82, 2.24) is 24.8 Å². The summed E-state index contributed by atoms with van der Waals surface area (Å²) >= 11 is 0. The van der Waals surface area contributed by atoms with E-state index in [0.29, 0.717) is 25.3 Å². The molecular weight excluding hydrogens is 378 g/mol. The normalized spacial score (nSPS) is 18.0. The fourth-order valence-electron chi connectivity index (χ4n) is 4.49. The molecular formula is C23H31N5O2. The van der Waals surface area contributed by atoms with Crippen LogP contribution in [0.4, 0.5) is 0 Å². The van der Waals surface area contributed by atoms with Gasteiger partial charge in [0.15, 0.2) is 5.65 Å². The van der Waals surface area contributed by atoms with Gasteiger partial charge in [0.25, 0.3) is 0 Å². The van der Waals surface area contributed by atoms with Crippen LogP contribution in [-0.4, -0.2) is 62.7 Å². The largest absolute Gasteiger partial charge is 0.343 e. The maximum absolute atomic E-state index is 12.6. The van der Waals surface area contributed by atoms with Gasteiger partial charge in [-0.1, -0.05) is 13.8 Å². The summed E-state index contributed by atoms with van der Waals surface area (Å²) in [6.07, 6.45) is 6.49. The summed E-state index contributed by atoms with van der Waals surface area (Å²) in [5, 5.41) is 1.03. The number of pyridine rings is 1. The second-order valence-corrected chi connectivity index (χ2v) is 8.74. The fraction of sp³-hybridized carbons (Fsp3) is 0.609. The van der Waals surface area contributed by atoms with Crippen molar-refractivity contribution in [2.75, 3.05) is 26.2 Å². The van der Waals surface area contributed by atoms with Crippen LogP contribution in [0.15, 0.2) is 18.3 Å². The van der Waals surface area contributed by atoms with Crippen LogP contribution in [0.2, 0.25) is 0 Å². The molecule has 2 saturated heterocycles. The molecule has 0 radical (unpaired) electrons. The molecule has 0 saturated carbocycles. The molecule has 4 heterocycles. The third-order valence-electron chi connectivity index (χ3n) is 6.26. The molecule has 7 nitrogen and oxygen atoms in total. The Morgan fingerprint density at radius 2 is 2.00 bits per heavy atom. The van der Waals surface area contributed by atoms with Gasteiger partial charge in [-0.3, -0.25) is 9.59 Å². The van der Waals surface area contributed by atoms with Gasteiger partial charge >= 0.3 is 0 Å². The molecule has 0 aromatic carbocycles. The Labute approximate surface area is 177 Å². The molecule has 160 valence electrons. The van der Waals surface area contributed by atoms with Gasteiger partial charge in [0.2, 0.25) is 11.8 Å². The molecule has 2 aliphatic rings. The summed E-state index contributed by atoms with van der Waals surface area (Å²) < 4.78 is 0. The van der Waals surface area contributed by atoms with Crippen LogP contribution in [0.5, 0.6) is 0 Å². The molecule has 2 aromatic heterocycles. The number of rotatable bonds is 6. The fourth-order valence-corrected chi connectivity index (χ4v) is 4.49. The quantitative estimate of drug-likeness (QED) is 0.732. The predicted molar refractivity (Wildman–Crippen MR) is 115 cm³/mol. The zero-order valence-electron chi connectivity index (χ0n) is 18.0. The summed E-state index contributed by atoms with van der Waals surface area (Å²) in [6.45, 7) is 7.27. The molecule has 2 fully saturated rings. The number of amides is 2. The highest BCUT2D eigenvalue weighted by Crippen LogP contribution is 2.32. The van der Waals surface area contributed by atoms with Crippen molar-refractivity contribution in [3.05, 3.63) is 29.8 Å². The van der Waals surface area contributed by atoms with Gasteiger partial charge in [-0.15, -0.1) is 0 Å². The van der Waals surface area contributed by atoms with E-state index in [1.165, 1.54) is 0 Å². The molecule has 0 aliphatic carbocycles. The van der Waals surface area contributed by atoms with Crippen molar-refractivity contribution in [1.29, 1.82) is 0 Å². The summed E-state index contributed by atoms with van der Waals surface area (Å²) in [5.41, 5.74) is 1.85. The maximum Gasteiger partial charge on any atom is 0.222 e. The first-order chi connectivity index (χ1) is 14.5. The average Bonchev–Trinajstić information content (AvgIpc) is 3.17. The number of piperidine rings is 1. The topological polar surface area (TPSA) is 79.3 Å². The zero-order valence-corrected chi connectivity index (χ0v) is 18.0. The molecule has 30 heavy (non-hydrogen) atoms. The first-order valence-electron chi connectivity index (χ1n) is 11.2. The molecule has 0 spiro atoms. The van der Waals surface area contributed by atoms with E-state index in [0.717, 1.165) is 67.9 Å². The van der Waals surface area contributed by atoms with E-state index in [2.05, 4.69) is 29.9 Å². The van der Waals surface area contributed by atoms with E-state index in [1.54, 1.807) is 6.20 Å². The van der Waals surface area contributed by atoms with Crippen LogP contribution in [-0.2, 0) is 9.59 Å². The number of carbonyl (C=O) groups excluding carboxylic acids is 2. The van der Waals surface area contributed by atoms with Gasteiger partial charge in [-0.2, -0.15) is 0 Å². The van der Waals surface area contributed by atoms with E-state index in [9.17, 15) is 9.59 Å². The van der Waals surface area contributed by atoms with Crippen molar-refractivity contribution in [2.45, 2.75) is 64.2 Å². The van der Waals surface area contributed by atoms with Crippen LogP contribution >= 0.6 is 0 Å². The smallest absolute Gasteiger partial charge is 0.222 e. The number of fused-ring (bicyclic) bond motifs is 1. The summed E-state index contributed by atoms with van der Waals surface area (Å²) in [4.78, 5) is 42.2. The molecule has 0 bridgehead atoms. The Morgan fingerprint density at radius 3 is 2.70 bits per heavy atom. The number of nitrogens with zero attached hydrogens (tertiary/aromatic N) is 5. The second kappa shape index (κ2) is 9.06. The minimum Gasteiger partial charge on any atom is -0.343 e. The Bertz CT molecular complexity index is 921. The van der Waals surface area contributed by atoms with Gasteiger partial charge < -0.3 is 9.80 Å². The summed E-state index contributed by atoms with van der Waals surface area (Å²) in [7, 11) is 0. The average molecular weight is 410 g/mol. The van der Waals surface area contributed by atoms with E-state index in [1.807, 2.05) is 15.9 Å².